The van der Waals surface area contributed by atoms with Crippen LogP contribution in [0.4, 0.5) is 0 Å². The molecule has 0 aliphatic heterocycles. The minimum absolute atomic E-state index is 0.0144. The van der Waals surface area contributed by atoms with Crippen LogP contribution in [0.25, 0.3) is 0 Å². The summed E-state index contributed by atoms with van der Waals surface area (Å²) in [6.07, 6.45) is 0. The van der Waals surface area contributed by atoms with Gasteiger partial charge in [0.25, 0.3) is 0 Å². The van der Waals surface area contributed by atoms with Gasteiger partial charge in [-0.2, -0.15) is 0 Å². The summed E-state index contributed by atoms with van der Waals surface area (Å²) in [7, 11) is 1.62. The molecule has 0 aliphatic rings. The molecule has 0 radical (unpaired) electrons. The molecule has 1 rings (SSSR count). The van der Waals surface area contributed by atoms with E-state index < -0.39 is 5.97 Å². The molecule has 0 aromatic carbocycles. The SMILES string of the molecule is COCCOCCOCCOCc1cccc(C(=O)O)n1. The van der Waals surface area contributed by atoms with Gasteiger partial charge in [-0.15, -0.1) is 0 Å². The largest absolute Gasteiger partial charge is 0.477 e. The highest BCUT2D eigenvalue weighted by atomic mass is 16.6. The van der Waals surface area contributed by atoms with Crippen molar-refractivity contribution in [3.05, 3.63) is 29.6 Å². The predicted molar refractivity (Wildman–Crippen MR) is 74.4 cm³/mol. The molecule has 1 aromatic heterocycles. The van der Waals surface area contributed by atoms with Crippen molar-refractivity contribution in [3.8, 4) is 0 Å². The zero-order valence-electron chi connectivity index (χ0n) is 12.1. The fourth-order valence-electron chi connectivity index (χ4n) is 1.44. The number of nitrogens with zero attached hydrogens (tertiary/aromatic N) is 1. The van der Waals surface area contributed by atoms with Gasteiger partial charge in [-0.1, -0.05) is 6.07 Å². The molecule has 7 nitrogen and oxygen atoms in total. The molecular weight excluding hydrogens is 278 g/mol. The summed E-state index contributed by atoms with van der Waals surface area (Å²) in [6, 6.07) is 4.80. The van der Waals surface area contributed by atoms with Crippen LogP contribution in [0.3, 0.4) is 0 Å². The lowest BCUT2D eigenvalue weighted by atomic mass is 10.3. The maximum Gasteiger partial charge on any atom is 0.354 e. The van der Waals surface area contributed by atoms with E-state index in [1.807, 2.05) is 0 Å². The highest BCUT2D eigenvalue weighted by molar-refractivity contribution is 5.85. The fourth-order valence-corrected chi connectivity index (χ4v) is 1.44. The van der Waals surface area contributed by atoms with Crippen molar-refractivity contribution in [1.29, 1.82) is 0 Å². The van der Waals surface area contributed by atoms with Crippen LogP contribution in [0.1, 0.15) is 16.2 Å². The fraction of sp³-hybridized carbons (Fsp3) is 0.571. The summed E-state index contributed by atoms with van der Waals surface area (Å²) in [5.41, 5.74) is 0.596. The minimum atomic E-state index is -1.05. The molecule has 21 heavy (non-hydrogen) atoms. The quantitative estimate of drug-likeness (QED) is 0.575. The topological polar surface area (TPSA) is 87.1 Å². The summed E-state index contributed by atoms with van der Waals surface area (Å²) in [5, 5.41) is 8.81. The van der Waals surface area contributed by atoms with E-state index in [2.05, 4.69) is 4.98 Å². The average Bonchev–Trinajstić information content (AvgIpc) is 2.49. The molecule has 0 saturated heterocycles. The average molecular weight is 299 g/mol. The van der Waals surface area contributed by atoms with Crippen LogP contribution in [0.15, 0.2) is 18.2 Å². The third-order valence-corrected chi connectivity index (χ3v) is 2.45. The summed E-state index contributed by atoms with van der Waals surface area (Å²) >= 11 is 0. The number of carboxylic acid groups (broad SMARTS) is 1. The van der Waals surface area contributed by atoms with E-state index in [0.29, 0.717) is 45.3 Å². The van der Waals surface area contributed by atoms with E-state index in [0.717, 1.165) is 0 Å². The zero-order valence-corrected chi connectivity index (χ0v) is 12.1. The highest BCUT2D eigenvalue weighted by Gasteiger charge is 2.04. The first kappa shape index (κ1) is 17.5. The molecule has 7 heteroatoms. The van der Waals surface area contributed by atoms with Gasteiger partial charge in [-0.25, -0.2) is 9.78 Å². The third-order valence-electron chi connectivity index (χ3n) is 2.45. The monoisotopic (exact) mass is 299 g/mol. The van der Waals surface area contributed by atoms with Crippen molar-refractivity contribution in [1.82, 2.24) is 4.98 Å². The number of carbonyl (C=O) groups is 1. The number of carboxylic acids is 1. The molecule has 118 valence electrons. The number of aromatic nitrogens is 1. The van der Waals surface area contributed by atoms with Crippen LogP contribution in [0, 0.1) is 0 Å². The first-order valence-electron chi connectivity index (χ1n) is 6.65. The summed E-state index contributed by atoms with van der Waals surface area (Å²) < 4.78 is 20.7. The van der Waals surface area contributed by atoms with E-state index in [9.17, 15) is 4.79 Å². The van der Waals surface area contributed by atoms with Gasteiger partial charge < -0.3 is 24.1 Å². The zero-order chi connectivity index (χ0) is 15.3. The van der Waals surface area contributed by atoms with Gasteiger partial charge in [0.2, 0.25) is 0 Å². The van der Waals surface area contributed by atoms with Gasteiger partial charge in [-0.3, -0.25) is 0 Å². The Morgan fingerprint density at radius 1 is 1.05 bits per heavy atom. The molecule has 1 N–H and O–H groups in total. The second-order valence-corrected chi connectivity index (χ2v) is 4.09. The summed E-state index contributed by atoms with van der Waals surface area (Å²) in [4.78, 5) is 14.7. The van der Waals surface area contributed by atoms with Gasteiger partial charge in [0.15, 0.2) is 0 Å². The lowest BCUT2D eigenvalue weighted by molar-refractivity contribution is 0.000444. The predicted octanol–water partition coefficient (Wildman–Crippen LogP) is 0.976. The molecule has 0 bridgehead atoms. The maximum atomic E-state index is 10.8. The van der Waals surface area contributed by atoms with E-state index in [4.69, 9.17) is 24.1 Å². The summed E-state index contributed by atoms with van der Waals surface area (Å²) in [6.45, 7) is 3.27. The van der Waals surface area contributed by atoms with Crippen LogP contribution >= 0.6 is 0 Å². The standard InChI is InChI=1S/C14H21NO6/c1-18-5-6-19-7-8-20-9-10-21-11-12-3-2-4-13(15-12)14(16)17/h2-4H,5-11H2,1H3,(H,16,17). The molecule has 0 unspecified atom stereocenters. The van der Waals surface area contributed by atoms with Crippen molar-refractivity contribution < 1.29 is 28.8 Å². The second-order valence-electron chi connectivity index (χ2n) is 4.09. The Morgan fingerprint density at radius 3 is 2.29 bits per heavy atom. The molecule has 1 aromatic rings. The molecular formula is C14H21NO6. The number of methoxy groups -OCH3 is 1. The minimum Gasteiger partial charge on any atom is -0.477 e. The van der Waals surface area contributed by atoms with E-state index in [1.165, 1.54) is 6.07 Å². The molecule has 0 spiro atoms. The normalized spacial score (nSPS) is 10.7. The smallest absolute Gasteiger partial charge is 0.354 e. The molecule has 0 amide bonds. The van der Waals surface area contributed by atoms with Gasteiger partial charge in [0, 0.05) is 7.11 Å². The van der Waals surface area contributed by atoms with Crippen molar-refractivity contribution in [2.75, 3.05) is 46.8 Å². The Bertz CT molecular complexity index is 412. The van der Waals surface area contributed by atoms with E-state index in [1.54, 1.807) is 19.2 Å². The Kier molecular flexibility index (Phi) is 9.30. The molecule has 0 atom stereocenters. The second kappa shape index (κ2) is 11.2. The Hall–Kier alpha value is -1.54. The van der Waals surface area contributed by atoms with Crippen LogP contribution in [0.5, 0.6) is 0 Å². The number of rotatable bonds is 12. The molecule has 1 heterocycles. The van der Waals surface area contributed by atoms with Crippen molar-refractivity contribution in [3.63, 3.8) is 0 Å². The number of hydrogen-bond donors (Lipinski definition) is 1. The van der Waals surface area contributed by atoms with Crippen molar-refractivity contribution in [2.24, 2.45) is 0 Å². The Morgan fingerprint density at radius 2 is 1.67 bits per heavy atom. The Labute approximate surface area is 123 Å². The van der Waals surface area contributed by atoms with Crippen LogP contribution < -0.4 is 0 Å². The number of pyridine rings is 1. The van der Waals surface area contributed by atoms with Gasteiger partial charge in [0.05, 0.1) is 51.9 Å². The van der Waals surface area contributed by atoms with Crippen LogP contribution in [-0.2, 0) is 25.6 Å². The molecule has 0 saturated carbocycles. The highest BCUT2D eigenvalue weighted by Crippen LogP contribution is 2.01. The Balaban J connectivity index is 2.01. The number of aromatic carboxylic acids is 1. The molecule has 0 aliphatic carbocycles. The van der Waals surface area contributed by atoms with Crippen molar-refractivity contribution >= 4 is 5.97 Å². The first-order valence-corrected chi connectivity index (χ1v) is 6.65. The van der Waals surface area contributed by atoms with E-state index >= 15 is 0 Å². The van der Waals surface area contributed by atoms with Gasteiger partial charge in [-0.05, 0) is 12.1 Å². The third kappa shape index (κ3) is 8.36. The summed E-state index contributed by atoms with van der Waals surface area (Å²) in [5.74, 6) is -1.05. The van der Waals surface area contributed by atoms with Gasteiger partial charge in [0.1, 0.15) is 5.69 Å². The first-order chi connectivity index (χ1) is 10.2. The van der Waals surface area contributed by atoms with Gasteiger partial charge >= 0.3 is 5.97 Å². The lowest BCUT2D eigenvalue weighted by Gasteiger charge is -2.06. The number of hydrogen-bond acceptors (Lipinski definition) is 6. The molecule has 0 fully saturated rings. The van der Waals surface area contributed by atoms with Crippen LogP contribution in [-0.4, -0.2) is 62.8 Å². The lowest BCUT2D eigenvalue weighted by Crippen LogP contribution is -2.11. The maximum absolute atomic E-state index is 10.8. The van der Waals surface area contributed by atoms with Crippen LogP contribution in [0.2, 0.25) is 0 Å². The van der Waals surface area contributed by atoms with Crippen molar-refractivity contribution in [2.45, 2.75) is 6.61 Å². The van der Waals surface area contributed by atoms with E-state index in [-0.39, 0.29) is 12.3 Å². The number of ether oxygens (including phenoxy) is 4.